The van der Waals surface area contributed by atoms with E-state index in [9.17, 15) is 0 Å². The highest BCUT2D eigenvalue weighted by Crippen LogP contribution is 2.18. The zero-order valence-electron chi connectivity index (χ0n) is 12.9. The molecule has 7 heteroatoms. The quantitative estimate of drug-likeness (QED) is 0.848. The van der Waals surface area contributed by atoms with Gasteiger partial charge in [-0.25, -0.2) is 15.0 Å². The van der Waals surface area contributed by atoms with Crippen molar-refractivity contribution in [3.05, 3.63) is 28.0 Å². The van der Waals surface area contributed by atoms with Crippen LogP contribution in [-0.4, -0.2) is 35.7 Å². The fourth-order valence-corrected chi connectivity index (χ4v) is 2.47. The smallest absolute Gasteiger partial charge is 0.158 e. The second-order valence-electron chi connectivity index (χ2n) is 4.63. The van der Waals surface area contributed by atoms with Gasteiger partial charge in [-0.15, -0.1) is 11.3 Å². The number of nitrogens with zero attached hydrogens (tertiary/aromatic N) is 4. The molecule has 0 saturated carbocycles. The number of nitrogens with one attached hydrogen (secondary N) is 1. The van der Waals surface area contributed by atoms with Crippen molar-refractivity contribution in [3.63, 3.8) is 0 Å². The largest absolute Gasteiger partial charge is 0.374 e. The summed E-state index contributed by atoms with van der Waals surface area (Å²) in [6.45, 7) is 5.76. The molecule has 0 bridgehead atoms. The average Bonchev–Trinajstić information content (AvgIpc) is 2.89. The van der Waals surface area contributed by atoms with E-state index in [2.05, 4.69) is 30.5 Å². The molecule has 0 spiro atoms. The summed E-state index contributed by atoms with van der Waals surface area (Å²) in [7, 11) is 3.85. The molecule has 0 unspecified atom stereocenters. The summed E-state index contributed by atoms with van der Waals surface area (Å²) in [6.07, 6.45) is 0. The van der Waals surface area contributed by atoms with Crippen molar-refractivity contribution in [1.82, 2.24) is 15.0 Å². The van der Waals surface area contributed by atoms with Crippen LogP contribution in [0.2, 0.25) is 0 Å². The van der Waals surface area contributed by atoms with Crippen molar-refractivity contribution in [3.8, 4) is 0 Å². The third-order valence-corrected chi connectivity index (χ3v) is 3.73. The van der Waals surface area contributed by atoms with E-state index in [0.29, 0.717) is 19.0 Å². The van der Waals surface area contributed by atoms with Crippen LogP contribution in [0.3, 0.4) is 0 Å². The molecule has 1 N–H and O–H groups in total. The molecule has 6 nitrogen and oxygen atoms in total. The number of hydrogen-bond acceptors (Lipinski definition) is 7. The van der Waals surface area contributed by atoms with Crippen molar-refractivity contribution in [2.75, 3.05) is 30.9 Å². The fourth-order valence-electron chi connectivity index (χ4n) is 1.87. The van der Waals surface area contributed by atoms with Gasteiger partial charge in [0.2, 0.25) is 0 Å². The molecule has 0 aromatic carbocycles. The molecule has 2 aromatic rings. The monoisotopic (exact) mass is 307 g/mol. The van der Waals surface area contributed by atoms with Crippen LogP contribution in [0.15, 0.2) is 11.4 Å². The second-order valence-corrected chi connectivity index (χ2v) is 5.69. The third kappa shape index (κ3) is 4.37. The highest BCUT2D eigenvalue weighted by atomic mass is 32.1. The first-order chi connectivity index (χ1) is 10.1. The van der Waals surface area contributed by atoms with E-state index < -0.39 is 0 Å². The molecule has 0 aliphatic heterocycles. The van der Waals surface area contributed by atoms with E-state index in [-0.39, 0.29) is 0 Å². The van der Waals surface area contributed by atoms with Crippen molar-refractivity contribution in [2.24, 2.45) is 0 Å². The molecule has 2 heterocycles. The number of thiazole rings is 1. The Morgan fingerprint density at radius 3 is 2.76 bits per heavy atom. The molecule has 0 radical (unpaired) electrons. The summed E-state index contributed by atoms with van der Waals surface area (Å²) < 4.78 is 5.39. The molecular weight excluding hydrogens is 286 g/mol. The van der Waals surface area contributed by atoms with Crippen molar-refractivity contribution < 1.29 is 4.74 Å². The predicted molar refractivity (Wildman–Crippen MR) is 85.9 cm³/mol. The molecule has 0 saturated heterocycles. The summed E-state index contributed by atoms with van der Waals surface area (Å²) in [6, 6.07) is 1.93. The first kappa shape index (κ1) is 15.7. The van der Waals surface area contributed by atoms with Crippen LogP contribution in [0, 0.1) is 6.92 Å². The van der Waals surface area contributed by atoms with Crippen LogP contribution >= 0.6 is 11.3 Å². The minimum absolute atomic E-state index is 0.419. The summed E-state index contributed by atoms with van der Waals surface area (Å²) in [5.41, 5.74) is 1.05. The SMILES string of the molecule is CCOCc1nc(NC)cc(N(C)Cc2csc(C)n2)n1. The highest BCUT2D eigenvalue weighted by Gasteiger charge is 2.10. The Balaban J connectivity index is 2.16. The van der Waals surface area contributed by atoms with Crippen molar-refractivity contribution in [2.45, 2.75) is 27.0 Å². The first-order valence-corrected chi connectivity index (χ1v) is 7.76. The molecule has 2 aromatic heterocycles. The minimum Gasteiger partial charge on any atom is -0.374 e. The maximum Gasteiger partial charge on any atom is 0.158 e. The average molecular weight is 307 g/mol. The first-order valence-electron chi connectivity index (χ1n) is 6.88. The second kappa shape index (κ2) is 7.33. The predicted octanol–water partition coefficient (Wildman–Crippen LogP) is 2.46. The molecule has 21 heavy (non-hydrogen) atoms. The van der Waals surface area contributed by atoms with Crippen LogP contribution in [0.4, 0.5) is 11.6 Å². The lowest BCUT2D eigenvalue weighted by molar-refractivity contribution is 0.128. The molecular formula is C14H21N5OS. The highest BCUT2D eigenvalue weighted by molar-refractivity contribution is 7.09. The van der Waals surface area contributed by atoms with E-state index in [4.69, 9.17) is 4.74 Å². The minimum atomic E-state index is 0.419. The van der Waals surface area contributed by atoms with Gasteiger partial charge in [0.05, 0.1) is 17.2 Å². The summed E-state index contributed by atoms with van der Waals surface area (Å²) >= 11 is 1.66. The Kier molecular flexibility index (Phi) is 5.46. The van der Waals surface area contributed by atoms with Crippen LogP contribution in [0.25, 0.3) is 0 Å². The molecule has 0 fully saturated rings. The van der Waals surface area contributed by atoms with Gasteiger partial charge in [-0.2, -0.15) is 0 Å². The van der Waals surface area contributed by atoms with E-state index in [1.807, 2.05) is 34.0 Å². The maximum atomic E-state index is 5.39. The van der Waals surface area contributed by atoms with E-state index in [0.717, 1.165) is 28.9 Å². The van der Waals surface area contributed by atoms with Crippen molar-refractivity contribution >= 4 is 23.0 Å². The van der Waals surface area contributed by atoms with E-state index >= 15 is 0 Å². The molecule has 0 atom stereocenters. The molecule has 0 aliphatic rings. The number of aromatic nitrogens is 3. The zero-order valence-corrected chi connectivity index (χ0v) is 13.7. The Labute approximate surface area is 129 Å². The van der Waals surface area contributed by atoms with Gasteiger partial charge in [-0.05, 0) is 13.8 Å². The molecule has 0 amide bonds. The van der Waals surface area contributed by atoms with E-state index in [1.54, 1.807) is 11.3 Å². The molecule has 2 rings (SSSR count). The number of aryl methyl sites for hydroxylation is 1. The van der Waals surface area contributed by atoms with Crippen LogP contribution < -0.4 is 10.2 Å². The molecule has 0 aliphatic carbocycles. The lowest BCUT2D eigenvalue weighted by Gasteiger charge is -2.18. The van der Waals surface area contributed by atoms with Gasteiger partial charge in [-0.3, -0.25) is 0 Å². The standard InChI is InChI=1S/C14H21N5OS/c1-5-20-8-13-17-12(15-3)6-14(18-13)19(4)7-11-9-21-10(2)16-11/h6,9H,5,7-8H2,1-4H3,(H,15,17,18). The number of rotatable bonds is 7. The third-order valence-electron chi connectivity index (χ3n) is 2.91. The Morgan fingerprint density at radius 1 is 1.33 bits per heavy atom. The van der Waals surface area contributed by atoms with Crippen LogP contribution in [-0.2, 0) is 17.9 Å². The summed E-state index contributed by atoms with van der Waals surface area (Å²) in [4.78, 5) is 15.5. The fraction of sp³-hybridized carbons (Fsp3) is 0.500. The van der Waals surface area contributed by atoms with Crippen LogP contribution in [0.5, 0.6) is 0 Å². The number of anilines is 2. The van der Waals surface area contributed by atoms with Gasteiger partial charge < -0.3 is 15.0 Å². The Bertz CT molecular complexity index is 586. The topological polar surface area (TPSA) is 63.2 Å². The lowest BCUT2D eigenvalue weighted by Crippen LogP contribution is -2.19. The maximum absolute atomic E-state index is 5.39. The molecule has 114 valence electrons. The normalized spacial score (nSPS) is 10.7. The zero-order chi connectivity index (χ0) is 15.2. The van der Waals surface area contributed by atoms with Gasteiger partial charge in [0, 0.05) is 32.1 Å². The van der Waals surface area contributed by atoms with Crippen molar-refractivity contribution in [1.29, 1.82) is 0 Å². The summed E-state index contributed by atoms with van der Waals surface area (Å²) in [5.74, 6) is 2.32. The van der Waals surface area contributed by atoms with Gasteiger partial charge in [0.15, 0.2) is 5.82 Å². The number of ether oxygens (including phenoxy) is 1. The number of hydrogen-bond donors (Lipinski definition) is 1. The van der Waals surface area contributed by atoms with Gasteiger partial charge >= 0.3 is 0 Å². The Morgan fingerprint density at radius 2 is 2.14 bits per heavy atom. The van der Waals surface area contributed by atoms with Gasteiger partial charge in [0.25, 0.3) is 0 Å². The van der Waals surface area contributed by atoms with Crippen LogP contribution in [0.1, 0.15) is 23.4 Å². The van der Waals surface area contributed by atoms with Gasteiger partial charge in [-0.1, -0.05) is 0 Å². The Hall–Kier alpha value is -1.73. The lowest BCUT2D eigenvalue weighted by atomic mass is 10.4. The van der Waals surface area contributed by atoms with E-state index in [1.165, 1.54) is 0 Å². The van der Waals surface area contributed by atoms with Gasteiger partial charge in [0.1, 0.15) is 18.2 Å². The summed E-state index contributed by atoms with van der Waals surface area (Å²) in [5, 5.41) is 6.21.